The van der Waals surface area contributed by atoms with Crippen molar-refractivity contribution in [1.82, 2.24) is 14.5 Å². The minimum Gasteiger partial charge on any atom is -0.335 e. The number of nitrogens with zero attached hydrogens (tertiary/aromatic N) is 3. The van der Waals surface area contributed by atoms with Gasteiger partial charge >= 0.3 is 0 Å². The lowest BCUT2D eigenvalue weighted by molar-refractivity contribution is 0.944. The number of fused-ring (bicyclic) bond motifs is 1. The van der Waals surface area contributed by atoms with Gasteiger partial charge in [0.05, 0.1) is 0 Å². The van der Waals surface area contributed by atoms with E-state index in [1.54, 1.807) is 6.20 Å². The van der Waals surface area contributed by atoms with Crippen molar-refractivity contribution in [2.24, 2.45) is 7.05 Å². The van der Waals surface area contributed by atoms with Crippen LogP contribution in [-0.4, -0.2) is 14.5 Å². The third-order valence-corrected chi connectivity index (χ3v) is 1.76. The number of hydrogen-bond donors (Lipinski definition) is 0. The molecule has 2 rings (SSSR count). The molecule has 0 bridgehead atoms. The second-order valence-corrected chi connectivity index (χ2v) is 2.68. The minimum absolute atomic E-state index is 0.291. The highest BCUT2D eigenvalue weighted by atomic mass is 35.5. The van der Waals surface area contributed by atoms with Crippen LogP contribution in [0.2, 0.25) is 5.28 Å². The first-order valence-electron chi connectivity index (χ1n) is 4.21. The number of aryl methyl sites for hydroxylation is 1. The lowest BCUT2D eigenvalue weighted by Crippen LogP contribution is -1.88. The van der Waals surface area contributed by atoms with Crippen LogP contribution in [0.15, 0.2) is 18.5 Å². The molecule has 0 aromatic carbocycles. The third kappa shape index (κ3) is 1.98. The van der Waals surface area contributed by atoms with Crippen LogP contribution >= 0.6 is 11.6 Å². The quantitative estimate of drug-likeness (QED) is 0.608. The van der Waals surface area contributed by atoms with Crippen LogP contribution in [0.4, 0.5) is 0 Å². The Balaban J connectivity index is 0.000000396. The van der Waals surface area contributed by atoms with E-state index < -0.39 is 0 Å². The Bertz CT molecular complexity index is 395. The molecular formula is C9H12ClN3. The van der Waals surface area contributed by atoms with Crippen LogP contribution in [0.25, 0.3) is 11.0 Å². The van der Waals surface area contributed by atoms with Crippen molar-refractivity contribution in [3.8, 4) is 0 Å². The van der Waals surface area contributed by atoms with Gasteiger partial charge in [0.2, 0.25) is 5.28 Å². The van der Waals surface area contributed by atoms with E-state index in [0.717, 1.165) is 11.0 Å². The van der Waals surface area contributed by atoms with E-state index >= 15 is 0 Å². The summed E-state index contributed by atoms with van der Waals surface area (Å²) in [6.45, 7) is 4.00. The molecule has 2 aromatic heterocycles. The standard InChI is InChI=1S/C7H6ClN3.C2H6/c1-11-3-2-5-4-9-7(8)10-6(5)11;1-2/h2-4H,1H3;1-2H3. The second-order valence-electron chi connectivity index (χ2n) is 2.34. The van der Waals surface area contributed by atoms with Crippen molar-refractivity contribution in [3.05, 3.63) is 23.7 Å². The van der Waals surface area contributed by atoms with Crippen LogP contribution in [0.1, 0.15) is 13.8 Å². The van der Waals surface area contributed by atoms with Gasteiger partial charge in [-0.05, 0) is 17.7 Å². The maximum atomic E-state index is 5.61. The Morgan fingerprint density at radius 2 is 2.08 bits per heavy atom. The summed E-state index contributed by atoms with van der Waals surface area (Å²) in [7, 11) is 1.92. The van der Waals surface area contributed by atoms with E-state index in [4.69, 9.17) is 11.6 Å². The van der Waals surface area contributed by atoms with E-state index in [9.17, 15) is 0 Å². The van der Waals surface area contributed by atoms with E-state index in [1.807, 2.05) is 37.7 Å². The predicted octanol–water partition coefficient (Wildman–Crippen LogP) is 2.65. The molecule has 0 unspecified atom stereocenters. The summed E-state index contributed by atoms with van der Waals surface area (Å²) in [4.78, 5) is 7.91. The SMILES string of the molecule is CC.Cn1ccc2cnc(Cl)nc21. The maximum Gasteiger partial charge on any atom is 0.224 e. The molecule has 70 valence electrons. The van der Waals surface area contributed by atoms with Crippen LogP contribution in [-0.2, 0) is 7.05 Å². The van der Waals surface area contributed by atoms with Crippen LogP contribution in [0.3, 0.4) is 0 Å². The summed E-state index contributed by atoms with van der Waals surface area (Å²) >= 11 is 5.61. The predicted molar refractivity (Wildman–Crippen MR) is 54.9 cm³/mol. The highest BCUT2D eigenvalue weighted by molar-refractivity contribution is 6.28. The third-order valence-electron chi connectivity index (χ3n) is 1.58. The van der Waals surface area contributed by atoms with Crippen molar-refractivity contribution in [2.45, 2.75) is 13.8 Å². The summed E-state index contributed by atoms with van der Waals surface area (Å²) in [5.74, 6) is 0. The number of hydrogen-bond acceptors (Lipinski definition) is 2. The Kier molecular flexibility index (Phi) is 3.25. The highest BCUT2D eigenvalue weighted by Gasteiger charge is 1.99. The van der Waals surface area contributed by atoms with Crippen molar-refractivity contribution < 1.29 is 0 Å². The zero-order chi connectivity index (χ0) is 9.84. The monoisotopic (exact) mass is 197 g/mol. The molecule has 0 radical (unpaired) electrons. The van der Waals surface area contributed by atoms with E-state index in [1.165, 1.54) is 0 Å². The molecule has 3 nitrogen and oxygen atoms in total. The highest BCUT2D eigenvalue weighted by Crippen LogP contribution is 2.12. The van der Waals surface area contributed by atoms with Gasteiger partial charge in [-0.25, -0.2) is 4.98 Å². The number of rotatable bonds is 0. The van der Waals surface area contributed by atoms with Gasteiger partial charge in [0, 0.05) is 24.8 Å². The Morgan fingerprint density at radius 3 is 2.77 bits per heavy atom. The van der Waals surface area contributed by atoms with Gasteiger partial charge in [0.15, 0.2) is 0 Å². The first-order valence-corrected chi connectivity index (χ1v) is 4.59. The average Bonchev–Trinajstić information content (AvgIpc) is 2.52. The molecule has 0 aliphatic heterocycles. The molecule has 13 heavy (non-hydrogen) atoms. The summed E-state index contributed by atoms with van der Waals surface area (Å²) in [5.41, 5.74) is 0.866. The fourth-order valence-electron chi connectivity index (χ4n) is 1.02. The van der Waals surface area contributed by atoms with Gasteiger partial charge in [-0.2, -0.15) is 4.98 Å². The fraction of sp³-hybridized carbons (Fsp3) is 0.333. The normalized spacial score (nSPS) is 9.54. The van der Waals surface area contributed by atoms with Crippen LogP contribution in [0, 0.1) is 0 Å². The van der Waals surface area contributed by atoms with E-state index in [2.05, 4.69) is 9.97 Å². The van der Waals surface area contributed by atoms with Crippen molar-refractivity contribution in [3.63, 3.8) is 0 Å². The van der Waals surface area contributed by atoms with E-state index in [-0.39, 0.29) is 0 Å². The molecule has 0 atom stereocenters. The maximum absolute atomic E-state index is 5.61. The molecule has 4 heteroatoms. The van der Waals surface area contributed by atoms with Crippen LogP contribution in [0.5, 0.6) is 0 Å². The second kappa shape index (κ2) is 4.23. The molecule has 0 amide bonds. The molecule has 0 N–H and O–H groups in total. The van der Waals surface area contributed by atoms with Crippen LogP contribution < -0.4 is 0 Å². The average molecular weight is 198 g/mol. The first-order chi connectivity index (χ1) is 6.27. The lowest BCUT2D eigenvalue weighted by atomic mass is 10.4. The smallest absolute Gasteiger partial charge is 0.224 e. The lowest BCUT2D eigenvalue weighted by Gasteiger charge is -1.93. The Morgan fingerprint density at radius 1 is 1.38 bits per heavy atom. The van der Waals surface area contributed by atoms with Gasteiger partial charge in [-0.1, -0.05) is 13.8 Å². The molecule has 0 saturated heterocycles. The molecule has 0 spiro atoms. The largest absolute Gasteiger partial charge is 0.335 e. The van der Waals surface area contributed by atoms with E-state index in [0.29, 0.717) is 5.28 Å². The Hall–Kier alpha value is -1.09. The molecule has 2 aromatic rings. The minimum atomic E-state index is 0.291. The summed E-state index contributed by atoms with van der Waals surface area (Å²) in [5, 5.41) is 1.30. The molecule has 0 fully saturated rings. The van der Waals surface area contributed by atoms with Crippen molar-refractivity contribution in [2.75, 3.05) is 0 Å². The Labute approximate surface area is 82.4 Å². The van der Waals surface area contributed by atoms with Gasteiger partial charge < -0.3 is 4.57 Å². The fourth-order valence-corrected chi connectivity index (χ4v) is 1.15. The number of aromatic nitrogens is 3. The summed E-state index contributed by atoms with van der Waals surface area (Å²) in [6.07, 6.45) is 3.64. The molecule has 2 heterocycles. The molecule has 0 aliphatic carbocycles. The molecule has 0 aliphatic rings. The van der Waals surface area contributed by atoms with Gasteiger partial charge in [-0.3, -0.25) is 0 Å². The number of halogens is 1. The van der Waals surface area contributed by atoms with Crippen molar-refractivity contribution in [1.29, 1.82) is 0 Å². The van der Waals surface area contributed by atoms with Gasteiger partial charge in [0.1, 0.15) is 5.65 Å². The topological polar surface area (TPSA) is 30.7 Å². The summed E-state index contributed by atoms with van der Waals surface area (Å²) < 4.78 is 1.91. The van der Waals surface area contributed by atoms with Gasteiger partial charge in [0.25, 0.3) is 0 Å². The first kappa shape index (κ1) is 9.99. The zero-order valence-corrected chi connectivity index (χ0v) is 8.71. The molecule has 0 saturated carbocycles. The summed E-state index contributed by atoms with van der Waals surface area (Å²) in [6, 6.07) is 1.95. The van der Waals surface area contributed by atoms with Gasteiger partial charge in [-0.15, -0.1) is 0 Å². The zero-order valence-electron chi connectivity index (χ0n) is 7.95. The molecular weight excluding hydrogens is 186 g/mol. The van der Waals surface area contributed by atoms with Crippen molar-refractivity contribution >= 4 is 22.6 Å².